The molecule has 5 heteroatoms. The summed E-state index contributed by atoms with van der Waals surface area (Å²) in [6.07, 6.45) is 3.20. The highest BCUT2D eigenvalue weighted by atomic mass is 16.5. The van der Waals surface area contributed by atoms with Gasteiger partial charge in [0.05, 0.1) is 19.8 Å². The molecule has 126 valence electrons. The normalized spacial score (nSPS) is 12.0. The van der Waals surface area contributed by atoms with E-state index in [1.54, 1.807) is 26.4 Å². The van der Waals surface area contributed by atoms with Crippen LogP contribution in [0.3, 0.4) is 0 Å². The van der Waals surface area contributed by atoms with Crippen LogP contribution in [-0.2, 0) is 4.74 Å². The highest BCUT2D eigenvalue weighted by Gasteiger charge is 2.09. The van der Waals surface area contributed by atoms with E-state index < -0.39 is 6.10 Å². The van der Waals surface area contributed by atoms with E-state index in [-0.39, 0.29) is 6.61 Å². The van der Waals surface area contributed by atoms with Gasteiger partial charge in [-0.1, -0.05) is 19.8 Å². The number of hydrogen-bond donors (Lipinski definition) is 1. The van der Waals surface area contributed by atoms with Crippen molar-refractivity contribution in [2.45, 2.75) is 38.7 Å². The summed E-state index contributed by atoms with van der Waals surface area (Å²) in [7, 11) is 3.27. The van der Waals surface area contributed by atoms with Crippen LogP contribution in [0.2, 0.25) is 0 Å². The first kappa shape index (κ1) is 18.6. The zero-order valence-electron chi connectivity index (χ0n) is 13.8. The molecule has 1 N–H and O–H groups in total. The summed E-state index contributed by atoms with van der Waals surface area (Å²) in [5.74, 6) is 1.97. The molecule has 0 aliphatic heterocycles. The molecule has 0 unspecified atom stereocenters. The molecule has 1 atom stereocenters. The van der Waals surface area contributed by atoms with Gasteiger partial charge in [-0.15, -0.1) is 0 Å². The highest BCUT2D eigenvalue weighted by Crippen LogP contribution is 2.31. The van der Waals surface area contributed by atoms with Crippen molar-refractivity contribution < 1.29 is 24.1 Å². The largest absolute Gasteiger partial charge is 0.493 e. The van der Waals surface area contributed by atoms with Gasteiger partial charge in [0.25, 0.3) is 0 Å². The lowest BCUT2D eigenvalue weighted by atomic mass is 10.2. The zero-order valence-corrected chi connectivity index (χ0v) is 13.8. The van der Waals surface area contributed by atoms with Crippen molar-refractivity contribution in [1.29, 1.82) is 0 Å². The summed E-state index contributed by atoms with van der Waals surface area (Å²) < 4.78 is 21.6. The minimum absolute atomic E-state index is 0.287. The van der Waals surface area contributed by atoms with Crippen molar-refractivity contribution in [1.82, 2.24) is 0 Å². The number of benzene rings is 1. The Bertz CT molecular complexity index is 408. The molecular weight excluding hydrogens is 284 g/mol. The van der Waals surface area contributed by atoms with Gasteiger partial charge >= 0.3 is 0 Å². The molecule has 0 radical (unpaired) electrons. The maximum atomic E-state index is 9.82. The average Bonchev–Trinajstić information content (AvgIpc) is 2.55. The maximum absolute atomic E-state index is 9.82. The Labute approximate surface area is 133 Å². The van der Waals surface area contributed by atoms with Crippen molar-refractivity contribution in [3.8, 4) is 17.2 Å². The Morgan fingerprint density at radius 2 is 1.86 bits per heavy atom. The Morgan fingerprint density at radius 3 is 2.55 bits per heavy atom. The predicted molar refractivity (Wildman–Crippen MR) is 86.0 cm³/mol. The van der Waals surface area contributed by atoms with E-state index in [9.17, 15) is 5.11 Å². The van der Waals surface area contributed by atoms with Crippen LogP contribution in [-0.4, -0.2) is 45.3 Å². The fourth-order valence-corrected chi connectivity index (χ4v) is 1.96. The second kappa shape index (κ2) is 11.2. The van der Waals surface area contributed by atoms with Crippen molar-refractivity contribution >= 4 is 0 Å². The summed E-state index contributed by atoms with van der Waals surface area (Å²) in [6, 6.07) is 5.41. The van der Waals surface area contributed by atoms with Gasteiger partial charge in [0, 0.05) is 26.2 Å². The summed E-state index contributed by atoms with van der Waals surface area (Å²) in [5.41, 5.74) is 0. The molecule has 0 saturated heterocycles. The third-order valence-electron chi connectivity index (χ3n) is 3.22. The summed E-state index contributed by atoms with van der Waals surface area (Å²) in [4.78, 5) is 0. The summed E-state index contributed by atoms with van der Waals surface area (Å²) in [6.45, 7) is 3.59. The molecule has 0 aliphatic rings. The minimum atomic E-state index is -0.437. The summed E-state index contributed by atoms with van der Waals surface area (Å²) >= 11 is 0. The quantitative estimate of drug-likeness (QED) is 0.601. The van der Waals surface area contributed by atoms with Crippen LogP contribution >= 0.6 is 0 Å². The second-order valence-electron chi connectivity index (χ2n) is 5.11. The number of methoxy groups -OCH3 is 2. The molecule has 0 amide bonds. The van der Waals surface area contributed by atoms with Gasteiger partial charge in [-0.05, 0) is 18.6 Å². The molecule has 22 heavy (non-hydrogen) atoms. The average molecular weight is 312 g/mol. The fraction of sp³-hybridized carbons (Fsp3) is 0.647. The number of aliphatic hydroxyl groups excluding tert-OH is 1. The molecule has 0 spiro atoms. The van der Waals surface area contributed by atoms with Crippen LogP contribution < -0.4 is 14.2 Å². The minimum Gasteiger partial charge on any atom is -0.493 e. The molecule has 0 aromatic heterocycles. The van der Waals surface area contributed by atoms with E-state index in [0.29, 0.717) is 30.5 Å². The van der Waals surface area contributed by atoms with Crippen LogP contribution in [0.15, 0.2) is 18.2 Å². The lowest BCUT2D eigenvalue weighted by Gasteiger charge is -2.15. The number of rotatable bonds is 12. The van der Waals surface area contributed by atoms with Gasteiger partial charge in [0.15, 0.2) is 11.5 Å². The van der Waals surface area contributed by atoms with E-state index >= 15 is 0 Å². The van der Waals surface area contributed by atoms with Crippen LogP contribution in [0.1, 0.15) is 32.6 Å². The number of ether oxygens (including phenoxy) is 4. The Morgan fingerprint density at radius 1 is 1.05 bits per heavy atom. The predicted octanol–water partition coefficient (Wildman–Crippen LogP) is 3.04. The molecule has 1 rings (SSSR count). The SMILES string of the molecule is CCCC[C@H](O)COc1ccc(OC)c(OCCCOC)c1. The van der Waals surface area contributed by atoms with E-state index in [1.807, 2.05) is 6.07 Å². The van der Waals surface area contributed by atoms with Gasteiger partial charge in [-0.25, -0.2) is 0 Å². The Hall–Kier alpha value is -1.46. The van der Waals surface area contributed by atoms with Gasteiger partial charge < -0.3 is 24.1 Å². The number of aliphatic hydroxyl groups is 1. The van der Waals surface area contributed by atoms with E-state index in [2.05, 4.69) is 6.92 Å². The molecule has 0 saturated carbocycles. The second-order valence-corrected chi connectivity index (χ2v) is 5.11. The zero-order chi connectivity index (χ0) is 16.2. The fourth-order valence-electron chi connectivity index (χ4n) is 1.96. The third-order valence-corrected chi connectivity index (χ3v) is 3.22. The van der Waals surface area contributed by atoms with Crippen molar-refractivity contribution in [2.24, 2.45) is 0 Å². The maximum Gasteiger partial charge on any atom is 0.164 e. The molecule has 1 aromatic carbocycles. The first-order chi connectivity index (χ1) is 10.7. The van der Waals surface area contributed by atoms with E-state index in [1.165, 1.54) is 0 Å². The number of hydrogen-bond acceptors (Lipinski definition) is 5. The standard InChI is InChI=1S/C17H28O5/c1-4-5-7-14(18)13-22-15-8-9-16(20-3)17(12-15)21-11-6-10-19-2/h8-9,12,14,18H,4-7,10-11,13H2,1-3H3/t14-/m0/s1. The third kappa shape index (κ3) is 7.00. The van der Waals surface area contributed by atoms with Crippen molar-refractivity contribution in [2.75, 3.05) is 34.0 Å². The van der Waals surface area contributed by atoms with Gasteiger partial charge in [-0.2, -0.15) is 0 Å². The van der Waals surface area contributed by atoms with E-state index in [4.69, 9.17) is 18.9 Å². The summed E-state index contributed by atoms with van der Waals surface area (Å²) in [5, 5.41) is 9.82. The number of unbranched alkanes of at least 4 members (excludes halogenated alkanes) is 1. The Balaban J connectivity index is 2.53. The highest BCUT2D eigenvalue weighted by molar-refractivity contribution is 5.45. The van der Waals surface area contributed by atoms with Gasteiger partial charge in [0.2, 0.25) is 0 Å². The smallest absolute Gasteiger partial charge is 0.164 e. The first-order valence-electron chi connectivity index (χ1n) is 7.81. The van der Waals surface area contributed by atoms with Gasteiger partial charge in [-0.3, -0.25) is 0 Å². The van der Waals surface area contributed by atoms with E-state index in [0.717, 1.165) is 25.7 Å². The first-order valence-corrected chi connectivity index (χ1v) is 7.81. The molecule has 0 fully saturated rings. The molecule has 1 aromatic rings. The lowest BCUT2D eigenvalue weighted by Crippen LogP contribution is -2.17. The van der Waals surface area contributed by atoms with Crippen LogP contribution in [0.25, 0.3) is 0 Å². The van der Waals surface area contributed by atoms with Gasteiger partial charge in [0.1, 0.15) is 12.4 Å². The lowest BCUT2D eigenvalue weighted by molar-refractivity contribution is 0.0977. The molecule has 0 bridgehead atoms. The Kier molecular flexibility index (Phi) is 9.42. The topological polar surface area (TPSA) is 57.2 Å². The van der Waals surface area contributed by atoms with Crippen LogP contribution in [0.4, 0.5) is 0 Å². The van der Waals surface area contributed by atoms with Crippen LogP contribution in [0.5, 0.6) is 17.2 Å². The monoisotopic (exact) mass is 312 g/mol. The van der Waals surface area contributed by atoms with Crippen molar-refractivity contribution in [3.63, 3.8) is 0 Å². The molecule has 5 nitrogen and oxygen atoms in total. The molecule has 0 aliphatic carbocycles. The molecular formula is C17H28O5. The molecule has 0 heterocycles. The van der Waals surface area contributed by atoms with Crippen molar-refractivity contribution in [3.05, 3.63) is 18.2 Å². The van der Waals surface area contributed by atoms with Crippen LogP contribution in [0, 0.1) is 0 Å².